The minimum Gasteiger partial charge on any atom is -0.314 e. The molecule has 2 heteroatoms. The lowest BCUT2D eigenvalue weighted by Gasteiger charge is -2.52. The fourth-order valence-corrected chi connectivity index (χ4v) is 4.36. The average Bonchev–Trinajstić information content (AvgIpc) is 2.48. The van der Waals surface area contributed by atoms with E-state index >= 15 is 0 Å². The summed E-state index contributed by atoms with van der Waals surface area (Å²) in [5.41, 5.74) is 3.36. The summed E-state index contributed by atoms with van der Waals surface area (Å²) in [7, 11) is 0. The Hall–Kier alpha value is -0.860. The van der Waals surface area contributed by atoms with Gasteiger partial charge in [0.25, 0.3) is 0 Å². The van der Waals surface area contributed by atoms with Gasteiger partial charge >= 0.3 is 0 Å². The van der Waals surface area contributed by atoms with Crippen molar-refractivity contribution in [2.24, 2.45) is 0 Å². The molecular formula is C18H28N2. The van der Waals surface area contributed by atoms with Crippen molar-refractivity contribution >= 4 is 0 Å². The molecule has 1 unspecified atom stereocenters. The van der Waals surface area contributed by atoms with Crippen LogP contribution in [-0.2, 0) is 0 Å². The Balaban J connectivity index is 1.88. The van der Waals surface area contributed by atoms with E-state index < -0.39 is 0 Å². The van der Waals surface area contributed by atoms with Crippen molar-refractivity contribution in [3.8, 4) is 0 Å². The van der Waals surface area contributed by atoms with Gasteiger partial charge in [-0.1, -0.05) is 43.5 Å². The van der Waals surface area contributed by atoms with Crippen molar-refractivity contribution < 1.29 is 0 Å². The molecule has 20 heavy (non-hydrogen) atoms. The molecule has 1 aliphatic carbocycles. The molecule has 1 saturated carbocycles. The lowest BCUT2D eigenvalue weighted by molar-refractivity contribution is -0.00295. The number of hydrogen-bond donors (Lipinski definition) is 1. The Bertz CT molecular complexity index is 440. The molecule has 1 N–H and O–H groups in total. The number of hydrogen-bond acceptors (Lipinski definition) is 2. The zero-order valence-corrected chi connectivity index (χ0v) is 13.0. The Morgan fingerprint density at radius 1 is 1.15 bits per heavy atom. The maximum atomic E-state index is 3.65. The number of aryl methyl sites for hydroxylation is 1. The van der Waals surface area contributed by atoms with Gasteiger partial charge < -0.3 is 5.32 Å². The standard InChI is InChI=1S/C18H28N2/c1-15-8-4-5-9-17(15)16(2)20-13-12-19-14-18(20)10-6-3-7-11-18/h4-5,8-9,16,19H,3,6-7,10-14H2,1-2H3. The van der Waals surface area contributed by atoms with E-state index in [1.807, 2.05) is 0 Å². The Kier molecular flexibility index (Phi) is 4.13. The summed E-state index contributed by atoms with van der Waals surface area (Å²) < 4.78 is 0. The van der Waals surface area contributed by atoms with Crippen LogP contribution < -0.4 is 5.32 Å². The van der Waals surface area contributed by atoms with E-state index in [0.717, 1.165) is 6.54 Å². The summed E-state index contributed by atoms with van der Waals surface area (Å²) in [6.07, 6.45) is 6.97. The largest absolute Gasteiger partial charge is 0.314 e. The molecular weight excluding hydrogens is 244 g/mol. The molecule has 0 radical (unpaired) electrons. The van der Waals surface area contributed by atoms with Crippen LogP contribution in [-0.4, -0.2) is 30.1 Å². The highest BCUT2D eigenvalue weighted by molar-refractivity contribution is 5.29. The topological polar surface area (TPSA) is 15.3 Å². The van der Waals surface area contributed by atoms with Gasteiger partial charge in [-0.2, -0.15) is 0 Å². The van der Waals surface area contributed by atoms with Crippen LogP contribution in [0.5, 0.6) is 0 Å². The minimum atomic E-state index is 0.415. The van der Waals surface area contributed by atoms with Gasteiger partial charge in [0.05, 0.1) is 0 Å². The first kappa shape index (κ1) is 14.1. The number of benzene rings is 1. The number of rotatable bonds is 2. The summed E-state index contributed by atoms with van der Waals surface area (Å²) in [6.45, 7) is 8.17. The average molecular weight is 272 g/mol. The Morgan fingerprint density at radius 2 is 1.90 bits per heavy atom. The molecule has 1 aromatic rings. The van der Waals surface area contributed by atoms with E-state index in [4.69, 9.17) is 0 Å². The molecule has 1 aliphatic heterocycles. The van der Waals surface area contributed by atoms with E-state index in [-0.39, 0.29) is 0 Å². The molecule has 1 atom stereocenters. The number of nitrogens with one attached hydrogen (secondary N) is 1. The predicted molar refractivity (Wildman–Crippen MR) is 85.0 cm³/mol. The summed E-state index contributed by atoms with van der Waals surface area (Å²) >= 11 is 0. The summed E-state index contributed by atoms with van der Waals surface area (Å²) in [5, 5.41) is 3.65. The van der Waals surface area contributed by atoms with Gasteiger partial charge in [-0.15, -0.1) is 0 Å². The molecule has 1 saturated heterocycles. The highest BCUT2D eigenvalue weighted by atomic mass is 15.3. The van der Waals surface area contributed by atoms with Crippen molar-refractivity contribution in [3.05, 3.63) is 35.4 Å². The van der Waals surface area contributed by atoms with Crippen LogP contribution in [0.15, 0.2) is 24.3 Å². The van der Waals surface area contributed by atoms with Gasteiger partial charge in [0.1, 0.15) is 0 Å². The van der Waals surface area contributed by atoms with Crippen LogP contribution in [0, 0.1) is 6.92 Å². The smallest absolute Gasteiger partial charge is 0.0340 e. The van der Waals surface area contributed by atoms with E-state index in [2.05, 4.69) is 48.3 Å². The third kappa shape index (κ3) is 2.51. The first-order valence-corrected chi connectivity index (χ1v) is 8.26. The molecule has 110 valence electrons. The monoisotopic (exact) mass is 272 g/mol. The van der Waals surface area contributed by atoms with Crippen molar-refractivity contribution in [3.63, 3.8) is 0 Å². The molecule has 1 heterocycles. The van der Waals surface area contributed by atoms with Gasteiger partial charge in [0, 0.05) is 31.2 Å². The van der Waals surface area contributed by atoms with Crippen molar-refractivity contribution in [2.45, 2.75) is 57.5 Å². The lowest BCUT2D eigenvalue weighted by Crippen LogP contribution is -2.62. The van der Waals surface area contributed by atoms with Gasteiger partial charge in [0.2, 0.25) is 0 Å². The summed E-state index contributed by atoms with van der Waals surface area (Å²) in [6, 6.07) is 9.45. The van der Waals surface area contributed by atoms with Crippen molar-refractivity contribution in [2.75, 3.05) is 19.6 Å². The maximum Gasteiger partial charge on any atom is 0.0340 e. The highest BCUT2D eigenvalue weighted by Crippen LogP contribution is 2.39. The second-order valence-corrected chi connectivity index (χ2v) is 6.69. The molecule has 2 nitrogen and oxygen atoms in total. The first-order valence-electron chi connectivity index (χ1n) is 8.26. The Labute approximate surface area is 123 Å². The molecule has 0 aromatic heterocycles. The van der Waals surface area contributed by atoms with Crippen LogP contribution >= 0.6 is 0 Å². The van der Waals surface area contributed by atoms with Crippen LogP contribution in [0.2, 0.25) is 0 Å². The molecule has 2 aliphatic rings. The fourth-order valence-electron chi connectivity index (χ4n) is 4.36. The van der Waals surface area contributed by atoms with Crippen LogP contribution in [0.1, 0.15) is 56.2 Å². The number of nitrogens with zero attached hydrogens (tertiary/aromatic N) is 1. The third-order valence-corrected chi connectivity index (χ3v) is 5.48. The summed E-state index contributed by atoms with van der Waals surface area (Å²) in [4.78, 5) is 2.81. The van der Waals surface area contributed by atoms with Gasteiger partial charge in [-0.05, 0) is 37.8 Å². The van der Waals surface area contributed by atoms with Crippen LogP contribution in [0.3, 0.4) is 0 Å². The quantitative estimate of drug-likeness (QED) is 0.884. The van der Waals surface area contributed by atoms with Crippen LogP contribution in [0.4, 0.5) is 0 Å². The van der Waals surface area contributed by atoms with Gasteiger partial charge in [0.15, 0.2) is 0 Å². The minimum absolute atomic E-state index is 0.415. The van der Waals surface area contributed by atoms with E-state index in [0.29, 0.717) is 11.6 Å². The van der Waals surface area contributed by atoms with Gasteiger partial charge in [-0.3, -0.25) is 4.90 Å². The zero-order valence-electron chi connectivity index (χ0n) is 13.0. The normalized spacial score (nSPS) is 24.7. The zero-order chi connectivity index (χ0) is 14.0. The third-order valence-electron chi connectivity index (χ3n) is 5.48. The van der Waals surface area contributed by atoms with E-state index in [1.54, 1.807) is 0 Å². The number of piperazine rings is 1. The maximum absolute atomic E-state index is 3.65. The molecule has 3 rings (SSSR count). The predicted octanol–water partition coefficient (Wildman–Crippen LogP) is 3.66. The van der Waals surface area contributed by atoms with Gasteiger partial charge in [-0.25, -0.2) is 0 Å². The fraction of sp³-hybridized carbons (Fsp3) is 0.667. The molecule has 1 spiro atoms. The van der Waals surface area contributed by atoms with E-state index in [9.17, 15) is 0 Å². The summed E-state index contributed by atoms with van der Waals surface area (Å²) in [5.74, 6) is 0. The van der Waals surface area contributed by atoms with Crippen molar-refractivity contribution in [1.82, 2.24) is 10.2 Å². The SMILES string of the molecule is Cc1ccccc1C(C)N1CCNCC12CCCCC2. The lowest BCUT2D eigenvalue weighted by atomic mass is 9.77. The molecule has 2 fully saturated rings. The second-order valence-electron chi connectivity index (χ2n) is 6.69. The second kappa shape index (κ2) is 5.87. The highest BCUT2D eigenvalue weighted by Gasteiger charge is 2.42. The molecule has 1 aromatic carbocycles. The van der Waals surface area contributed by atoms with Crippen LogP contribution in [0.25, 0.3) is 0 Å². The first-order chi connectivity index (χ1) is 9.73. The van der Waals surface area contributed by atoms with E-state index in [1.165, 1.54) is 56.3 Å². The van der Waals surface area contributed by atoms with Crippen molar-refractivity contribution in [1.29, 1.82) is 0 Å². The molecule has 0 bridgehead atoms. The molecule has 0 amide bonds. The Morgan fingerprint density at radius 3 is 2.65 bits per heavy atom.